The molecule has 6 nitrogen and oxygen atoms in total. The molecule has 0 spiro atoms. The molecule has 1 aliphatic rings. The lowest BCUT2D eigenvalue weighted by Crippen LogP contribution is -2.19. The fraction of sp³-hybridized carbons (Fsp3) is 0.250. The van der Waals surface area contributed by atoms with E-state index in [4.69, 9.17) is 9.47 Å². The summed E-state index contributed by atoms with van der Waals surface area (Å²) in [6.45, 7) is 0. The number of nitrogens with zero attached hydrogens (tertiary/aromatic N) is 2. The fourth-order valence-electron chi connectivity index (χ4n) is 1.46. The van der Waals surface area contributed by atoms with E-state index in [2.05, 4.69) is 15.5 Å². The fourth-order valence-corrected chi connectivity index (χ4v) is 2.09. The summed E-state index contributed by atoms with van der Waals surface area (Å²) >= 11 is 1.32. The number of nitrogens with one attached hydrogen (secondary N) is 1. The maximum absolute atomic E-state index is 11.0. The smallest absolute Gasteiger partial charge is 0.236 e. The molecule has 1 aromatic carbocycles. The van der Waals surface area contributed by atoms with E-state index in [0.717, 1.165) is 5.56 Å². The van der Waals surface area contributed by atoms with E-state index in [9.17, 15) is 4.79 Å². The van der Waals surface area contributed by atoms with Gasteiger partial charge in [0.2, 0.25) is 5.91 Å². The molecule has 0 aromatic heterocycles. The first kappa shape index (κ1) is 13.4. The molecule has 1 N–H and O–H groups in total. The van der Waals surface area contributed by atoms with Crippen LogP contribution in [0.1, 0.15) is 5.56 Å². The van der Waals surface area contributed by atoms with E-state index < -0.39 is 0 Å². The van der Waals surface area contributed by atoms with Crippen LogP contribution in [0.3, 0.4) is 0 Å². The van der Waals surface area contributed by atoms with E-state index in [1.54, 1.807) is 38.6 Å². The van der Waals surface area contributed by atoms with E-state index in [1.165, 1.54) is 11.8 Å². The van der Waals surface area contributed by atoms with Crippen molar-refractivity contribution >= 4 is 29.1 Å². The average Bonchev–Trinajstić information content (AvgIpc) is 2.84. The van der Waals surface area contributed by atoms with E-state index in [1.807, 2.05) is 0 Å². The second-order valence-electron chi connectivity index (χ2n) is 3.59. The minimum absolute atomic E-state index is 0.0575. The zero-order valence-corrected chi connectivity index (χ0v) is 11.4. The molecule has 1 heterocycles. The van der Waals surface area contributed by atoms with Crippen molar-refractivity contribution in [2.45, 2.75) is 0 Å². The van der Waals surface area contributed by atoms with Gasteiger partial charge in [0.1, 0.15) is 11.5 Å². The highest BCUT2D eigenvalue weighted by Crippen LogP contribution is 2.22. The number of ether oxygens (including phenoxy) is 2. The summed E-state index contributed by atoms with van der Waals surface area (Å²) in [6.07, 6.45) is 1.55. The van der Waals surface area contributed by atoms with Crippen molar-refractivity contribution < 1.29 is 14.3 Å². The van der Waals surface area contributed by atoms with Gasteiger partial charge in [0, 0.05) is 5.56 Å². The van der Waals surface area contributed by atoms with Crippen LogP contribution < -0.4 is 14.8 Å². The topological polar surface area (TPSA) is 72.3 Å². The number of methoxy groups -OCH3 is 2. The van der Waals surface area contributed by atoms with Gasteiger partial charge in [-0.05, 0) is 18.2 Å². The van der Waals surface area contributed by atoms with Gasteiger partial charge in [-0.3, -0.25) is 4.79 Å². The summed E-state index contributed by atoms with van der Waals surface area (Å²) in [5, 5.41) is 11.0. The average molecular weight is 279 g/mol. The first-order valence-corrected chi connectivity index (χ1v) is 6.47. The molecule has 2 rings (SSSR count). The van der Waals surface area contributed by atoms with Gasteiger partial charge in [0.15, 0.2) is 5.17 Å². The number of amidine groups is 1. The van der Waals surface area contributed by atoms with E-state index in [0.29, 0.717) is 22.4 Å². The number of hydrogen-bond acceptors (Lipinski definition) is 6. The summed E-state index contributed by atoms with van der Waals surface area (Å²) in [5.41, 5.74) is 0.750. The van der Waals surface area contributed by atoms with Gasteiger partial charge >= 0.3 is 0 Å². The van der Waals surface area contributed by atoms with Crippen LogP contribution in [0.5, 0.6) is 11.5 Å². The maximum Gasteiger partial charge on any atom is 0.236 e. The second kappa shape index (κ2) is 6.24. The molecule has 0 aliphatic carbocycles. The van der Waals surface area contributed by atoms with Gasteiger partial charge in [0.25, 0.3) is 0 Å². The second-order valence-corrected chi connectivity index (χ2v) is 4.56. The molecule has 1 aliphatic heterocycles. The van der Waals surface area contributed by atoms with Crippen molar-refractivity contribution in [3.63, 3.8) is 0 Å². The van der Waals surface area contributed by atoms with Gasteiger partial charge in [-0.2, -0.15) is 5.10 Å². The molecule has 0 atom stereocenters. The van der Waals surface area contributed by atoms with Crippen LogP contribution in [0.2, 0.25) is 0 Å². The predicted molar refractivity (Wildman–Crippen MR) is 75.2 cm³/mol. The van der Waals surface area contributed by atoms with Crippen LogP contribution >= 0.6 is 11.8 Å². The lowest BCUT2D eigenvalue weighted by molar-refractivity contribution is -0.116. The van der Waals surface area contributed by atoms with Crippen LogP contribution in [0, 0.1) is 0 Å². The number of rotatable bonds is 4. The summed E-state index contributed by atoms with van der Waals surface area (Å²) in [4.78, 5) is 11.0. The van der Waals surface area contributed by atoms with Crippen molar-refractivity contribution in [3.05, 3.63) is 23.8 Å². The Balaban J connectivity index is 2.15. The van der Waals surface area contributed by atoms with E-state index >= 15 is 0 Å². The number of amides is 1. The molecular formula is C12H13N3O3S. The Kier molecular flexibility index (Phi) is 4.40. The van der Waals surface area contributed by atoms with Gasteiger partial charge in [-0.1, -0.05) is 11.8 Å². The third kappa shape index (κ3) is 3.47. The van der Waals surface area contributed by atoms with Crippen LogP contribution in [0.25, 0.3) is 0 Å². The molecule has 1 saturated heterocycles. The van der Waals surface area contributed by atoms with Crippen LogP contribution in [0.4, 0.5) is 0 Å². The van der Waals surface area contributed by atoms with Crippen molar-refractivity contribution in [3.8, 4) is 11.5 Å². The van der Waals surface area contributed by atoms with Gasteiger partial charge in [-0.25, -0.2) is 0 Å². The van der Waals surface area contributed by atoms with Crippen molar-refractivity contribution in [2.75, 3.05) is 20.0 Å². The first-order valence-electron chi connectivity index (χ1n) is 5.48. The predicted octanol–water partition coefficient (Wildman–Crippen LogP) is 1.26. The number of carbonyl (C=O) groups excluding carboxylic acids is 1. The van der Waals surface area contributed by atoms with Crippen LogP contribution in [-0.4, -0.2) is 37.3 Å². The lowest BCUT2D eigenvalue weighted by Gasteiger charge is -2.06. The van der Waals surface area contributed by atoms with Crippen molar-refractivity contribution in [1.82, 2.24) is 5.32 Å². The zero-order valence-electron chi connectivity index (χ0n) is 10.5. The quantitative estimate of drug-likeness (QED) is 0.665. The Bertz CT molecular complexity index is 543. The molecule has 0 bridgehead atoms. The number of benzene rings is 1. The summed E-state index contributed by atoms with van der Waals surface area (Å²) in [6, 6.07) is 5.39. The Morgan fingerprint density at radius 1 is 1.37 bits per heavy atom. The minimum Gasteiger partial charge on any atom is -0.497 e. The Morgan fingerprint density at radius 2 is 2.21 bits per heavy atom. The highest BCUT2D eigenvalue weighted by atomic mass is 32.2. The monoisotopic (exact) mass is 279 g/mol. The first-order chi connectivity index (χ1) is 9.22. The van der Waals surface area contributed by atoms with Gasteiger partial charge < -0.3 is 14.8 Å². The lowest BCUT2D eigenvalue weighted by atomic mass is 10.2. The SMILES string of the molecule is COc1ccc(OC)c(/C=N/N=C2/NC(=O)CS2)c1. The summed E-state index contributed by atoms with van der Waals surface area (Å²) < 4.78 is 10.3. The van der Waals surface area contributed by atoms with Crippen LogP contribution in [-0.2, 0) is 4.79 Å². The van der Waals surface area contributed by atoms with Gasteiger partial charge in [0.05, 0.1) is 26.2 Å². The standard InChI is InChI=1S/C12H13N3O3S/c1-17-9-3-4-10(18-2)8(5-9)6-13-15-12-14-11(16)7-19-12/h3-6H,7H2,1-2H3,(H,14,15,16)/b13-6+. The zero-order chi connectivity index (χ0) is 13.7. The van der Waals surface area contributed by atoms with Crippen molar-refractivity contribution in [2.24, 2.45) is 10.2 Å². The molecule has 7 heteroatoms. The molecule has 0 unspecified atom stereocenters. The highest BCUT2D eigenvalue weighted by Gasteiger charge is 2.15. The largest absolute Gasteiger partial charge is 0.497 e. The minimum atomic E-state index is -0.0575. The molecule has 0 saturated carbocycles. The number of carbonyl (C=O) groups is 1. The molecular weight excluding hydrogens is 266 g/mol. The Labute approximate surface area is 114 Å². The molecule has 100 valence electrons. The molecule has 1 aromatic rings. The summed E-state index contributed by atoms with van der Waals surface area (Å²) in [5.74, 6) is 1.71. The van der Waals surface area contributed by atoms with Gasteiger partial charge in [-0.15, -0.1) is 5.10 Å². The molecule has 0 radical (unpaired) electrons. The van der Waals surface area contributed by atoms with E-state index in [-0.39, 0.29) is 5.91 Å². The van der Waals surface area contributed by atoms with Crippen molar-refractivity contribution in [1.29, 1.82) is 0 Å². The highest BCUT2D eigenvalue weighted by molar-refractivity contribution is 8.15. The molecule has 1 amide bonds. The number of hydrogen-bond donors (Lipinski definition) is 1. The van der Waals surface area contributed by atoms with Crippen LogP contribution in [0.15, 0.2) is 28.4 Å². The summed E-state index contributed by atoms with van der Waals surface area (Å²) in [7, 11) is 3.17. The Hall–Kier alpha value is -2.02. The maximum atomic E-state index is 11.0. The number of thioether (sulfide) groups is 1. The molecule has 19 heavy (non-hydrogen) atoms. The third-order valence-corrected chi connectivity index (χ3v) is 3.23. The molecule has 1 fully saturated rings. The third-order valence-electron chi connectivity index (χ3n) is 2.37. The normalized spacial score (nSPS) is 16.9. The Morgan fingerprint density at radius 3 is 2.84 bits per heavy atom.